The molecule has 0 spiro atoms. The van der Waals surface area contributed by atoms with Crippen molar-refractivity contribution in [3.05, 3.63) is 0 Å². The predicted molar refractivity (Wildman–Crippen MR) is 60.8 cm³/mol. The van der Waals surface area contributed by atoms with E-state index in [9.17, 15) is 9.59 Å². The van der Waals surface area contributed by atoms with Crippen molar-refractivity contribution in [3.63, 3.8) is 0 Å². The molecule has 0 saturated carbocycles. The van der Waals surface area contributed by atoms with Crippen LogP contribution < -0.4 is 16.4 Å². The molecule has 6 nitrogen and oxygen atoms in total. The van der Waals surface area contributed by atoms with E-state index in [4.69, 9.17) is 10.5 Å². The zero-order valence-corrected chi connectivity index (χ0v) is 10.1. The van der Waals surface area contributed by atoms with E-state index >= 15 is 0 Å². The Kier molecular flexibility index (Phi) is 7.49. The van der Waals surface area contributed by atoms with E-state index in [0.29, 0.717) is 19.4 Å². The van der Waals surface area contributed by atoms with Crippen molar-refractivity contribution in [1.82, 2.24) is 10.6 Å². The summed E-state index contributed by atoms with van der Waals surface area (Å²) < 4.78 is 4.88. The summed E-state index contributed by atoms with van der Waals surface area (Å²) in [4.78, 5) is 22.4. The molecule has 0 saturated heterocycles. The first kappa shape index (κ1) is 14.9. The third-order valence-corrected chi connectivity index (χ3v) is 2.36. The molecule has 94 valence electrons. The van der Waals surface area contributed by atoms with Crippen molar-refractivity contribution >= 4 is 11.9 Å². The maximum absolute atomic E-state index is 11.4. The molecule has 16 heavy (non-hydrogen) atoms. The number of nitrogens with one attached hydrogen (secondary N) is 2. The standard InChI is InChI=1S/C10H21N3O3/c1-4-16-10(15)8(13-3)6-5-7(12-2)9(11)14/h7-8,12-13H,4-6H2,1-3H3,(H2,11,14). The van der Waals surface area contributed by atoms with Gasteiger partial charge in [0.05, 0.1) is 12.6 Å². The maximum atomic E-state index is 11.4. The molecule has 6 heteroatoms. The third kappa shape index (κ3) is 5.09. The zero-order valence-electron chi connectivity index (χ0n) is 10.1. The molecule has 4 N–H and O–H groups in total. The lowest BCUT2D eigenvalue weighted by molar-refractivity contribution is -0.145. The first-order valence-electron chi connectivity index (χ1n) is 5.37. The molecule has 0 heterocycles. The molecule has 2 unspecified atom stereocenters. The van der Waals surface area contributed by atoms with Gasteiger partial charge in [0.15, 0.2) is 0 Å². The van der Waals surface area contributed by atoms with E-state index < -0.39 is 18.0 Å². The molecular weight excluding hydrogens is 210 g/mol. The first-order chi connectivity index (χ1) is 7.56. The average molecular weight is 231 g/mol. The van der Waals surface area contributed by atoms with Crippen molar-refractivity contribution < 1.29 is 14.3 Å². The molecule has 0 aliphatic heterocycles. The van der Waals surface area contributed by atoms with Crippen LogP contribution >= 0.6 is 0 Å². The number of nitrogens with two attached hydrogens (primary N) is 1. The highest BCUT2D eigenvalue weighted by molar-refractivity contribution is 5.80. The number of amides is 1. The number of likely N-dealkylation sites (N-methyl/N-ethyl adjacent to an activating group) is 2. The summed E-state index contributed by atoms with van der Waals surface area (Å²) in [6.45, 7) is 2.10. The van der Waals surface area contributed by atoms with Gasteiger partial charge in [0.2, 0.25) is 5.91 Å². The third-order valence-electron chi connectivity index (χ3n) is 2.36. The summed E-state index contributed by atoms with van der Waals surface area (Å²) in [7, 11) is 3.34. The predicted octanol–water partition coefficient (Wildman–Crippen LogP) is -1.01. The number of hydrogen-bond donors (Lipinski definition) is 3. The van der Waals surface area contributed by atoms with Gasteiger partial charge in [0.25, 0.3) is 0 Å². The number of esters is 1. The summed E-state index contributed by atoms with van der Waals surface area (Å²) in [5, 5.41) is 5.65. The van der Waals surface area contributed by atoms with Gasteiger partial charge in [0, 0.05) is 0 Å². The van der Waals surface area contributed by atoms with Crippen LogP contribution in [0.3, 0.4) is 0 Å². The minimum absolute atomic E-state index is 0.302. The maximum Gasteiger partial charge on any atom is 0.323 e. The normalized spacial score (nSPS) is 14.2. The Morgan fingerprint density at radius 2 is 1.69 bits per heavy atom. The molecule has 0 fully saturated rings. The molecule has 0 rings (SSSR count). The van der Waals surface area contributed by atoms with E-state index in [1.807, 2.05) is 0 Å². The smallest absolute Gasteiger partial charge is 0.323 e. The summed E-state index contributed by atoms with van der Waals surface area (Å²) in [5.41, 5.74) is 5.17. The summed E-state index contributed by atoms with van der Waals surface area (Å²) in [6.07, 6.45) is 1.000. The van der Waals surface area contributed by atoms with E-state index in [1.165, 1.54) is 0 Å². The molecule has 0 bridgehead atoms. The largest absolute Gasteiger partial charge is 0.465 e. The minimum atomic E-state index is -0.416. The van der Waals surface area contributed by atoms with Crippen LogP contribution in [0.25, 0.3) is 0 Å². The fraction of sp³-hybridized carbons (Fsp3) is 0.800. The average Bonchev–Trinajstić information content (AvgIpc) is 2.24. The topological polar surface area (TPSA) is 93.4 Å². The highest BCUT2D eigenvalue weighted by Crippen LogP contribution is 2.03. The minimum Gasteiger partial charge on any atom is -0.465 e. The lowest BCUT2D eigenvalue weighted by atomic mass is 10.1. The van der Waals surface area contributed by atoms with Gasteiger partial charge in [-0.2, -0.15) is 0 Å². The Labute approximate surface area is 95.9 Å². The fourth-order valence-electron chi connectivity index (χ4n) is 1.39. The molecular formula is C10H21N3O3. The quantitative estimate of drug-likeness (QED) is 0.465. The van der Waals surface area contributed by atoms with Crippen LogP contribution in [-0.4, -0.2) is 44.7 Å². The number of ether oxygens (including phenoxy) is 1. The summed E-state index contributed by atoms with van der Waals surface area (Å²) in [5.74, 6) is -0.717. The number of carbonyl (C=O) groups excluding carboxylic acids is 2. The van der Waals surface area contributed by atoms with Gasteiger partial charge in [-0.1, -0.05) is 0 Å². The van der Waals surface area contributed by atoms with Crippen molar-refractivity contribution in [2.75, 3.05) is 20.7 Å². The number of carbonyl (C=O) groups is 2. The second-order valence-electron chi connectivity index (χ2n) is 3.41. The van der Waals surface area contributed by atoms with Gasteiger partial charge in [-0.25, -0.2) is 0 Å². The molecule has 1 amide bonds. The van der Waals surface area contributed by atoms with Crippen LogP contribution in [-0.2, 0) is 14.3 Å². The van der Waals surface area contributed by atoms with Crippen molar-refractivity contribution in [2.45, 2.75) is 31.8 Å². The molecule has 0 aliphatic carbocycles. The molecule has 0 aliphatic rings. The van der Waals surface area contributed by atoms with E-state index in [0.717, 1.165) is 0 Å². The molecule has 0 aromatic carbocycles. The second kappa shape index (κ2) is 8.06. The Balaban J connectivity index is 4.12. The van der Waals surface area contributed by atoms with E-state index in [-0.39, 0.29) is 5.97 Å². The zero-order chi connectivity index (χ0) is 12.6. The highest BCUT2D eigenvalue weighted by Gasteiger charge is 2.21. The number of rotatable bonds is 8. The summed E-state index contributed by atoms with van der Waals surface area (Å²) in [6, 6.07) is -0.805. The van der Waals surface area contributed by atoms with Crippen molar-refractivity contribution in [3.8, 4) is 0 Å². The number of hydrogen-bond acceptors (Lipinski definition) is 5. The lowest BCUT2D eigenvalue weighted by Crippen LogP contribution is -2.42. The van der Waals surface area contributed by atoms with Gasteiger partial charge in [-0.05, 0) is 33.9 Å². The monoisotopic (exact) mass is 231 g/mol. The van der Waals surface area contributed by atoms with Crippen LogP contribution in [0.4, 0.5) is 0 Å². The SMILES string of the molecule is CCOC(=O)C(CCC(NC)C(N)=O)NC. The van der Waals surface area contributed by atoms with Crippen molar-refractivity contribution in [2.24, 2.45) is 5.73 Å². The van der Waals surface area contributed by atoms with Gasteiger partial charge >= 0.3 is 5.97 Å². The Bertz CT molecular complexity index is 233. The van der Waals surface area contributed by atoms with E-state index in [1.54, 1.807) is 21.0 Å². The molecule has 0 radical (unpaired) electrons. The number of primary amides is 1. The molecule has 0 aromatic rings. The Morgan fingerprint density at radius 1 is 1.19 bits per heavy atom. The fourth-order valence-corrected chi connectivity index (χ4v) is 1.39. The van der Waals surface area contributed by atoms with Crippen LogP contribution in [0.5, 0.6) is 0 Å². The van der Waals surface area contributed by atoms with Crippen LogP contribution in [0, 0.1) is 0 Å². The Morgan fingerprint density at radius 3 is 2.06 bits per heavy atom. The van der Waals surface area contributed by atoms with Crippen LogP contribution in [0.15, 0.2) is 0 Å². The molecule has 2 atom stereocenters. The van der Waals surface area contributed by atoms with E-state index in [2.05, 4.69) is 10.6 Å². The van der Waals surface area contributed by atoms with Crippen LogP contribution in [0.2, 0.25) is 0 Å². The Hall–Kier alpha value is -1.14. The second-order valence-corrected chi connectivity index (χ2v) is 3.41. The summed E-state index contributed by atoms with van der Waals surface area (Å²) >= 11 is 0. The molecule has 0 aromatic heterocycles. The van der Waals surface area contributed by atoms with Crippen molar-refractivity contribution in [1.29, 1.82) is 0 Å². The van der Waals surface area contributed by atoms with Gasteiger partial charge in [-0.15, -0.1) is 0 Å². The van der Waals surface area contributed by atoms with Gasteiger partial charge in [-0.3, -0.25) is 9.59 Å². The highest BCUT2D eigenvalue weighted by atomic mass is 16.5. The lowest BCUT2D eigenvalue weighted by Gasteiger charge is -2.17. The van der Waals surface area contributed by atoms with Gasteiger partial charge < -0.3 is 21.1 Å². The van der Waals surface area contributed by atoms with Gasteiger partial charge in [0.1, 0.15) is 6.04 Å². The first-order valence-corrected chi connectivity index (χ1v) is 5.37. The van der Waals surface area contributed by atoms with Crippen LogP contribution in [0.1, 0.15) is 19.8 Å².